The van der Waals surface area contributed by atoms with Crippen molar-refractivity contribution in [3.63, 3.8) is 0 Å². The van der Waals surface area contributed by atoms with Crippen LogP contribution >= 0.6 is 27.3 Å². The topological polar surface area (TPSA) is 70.7 Å². The molecule has 3 aromatic rings. The first-order valence-electron chi connectivity index (χ1n) is 5.74. The van der Waals surface area contributed by atoms with Gasteiger partial charge in [-0.1, -0.05) is 0 Å². The van der Waals surface area contributed by atoms with Crippen molar-refractivity contribution >= 4 is 39.0 Å². The third-order valence-corrected chi connectivity index (χ3v) is 4.47. The zero-order valence-corrected chi connectivity index (χ0v) is 12.5. The molecule has 0 bridgehead atoms. The fourth-order valence-electron chi connectivity index (χ4n) is 1.69. The quantitative estimate of drug-likeness (QED) is 0.760. The van der Waals surface area contributed by atoms with Crippen LogP contribution in [-0.2, 0) is 0 Å². The van der Waals surface area contributed by atoms with Gasteiger partial charge in [0.2, 0.25) is 0 Å². The van der Waals surface area contributed by atoms with Crippen molar-refractivity contribution in [2.45, 2.75) is 0 Å². The average Bonchev–Trinajstić information content (AvgIpc) is 3.09. The van der Waals surface area contributed by atoms with E-state index in [2.05, 4.69) is 36.4 Å². The van der Waals surface area contributed by atoms with E-state index in [-0.39, 0.29) is 5.91 Å². The normalized spacial score (nSPS) is 10.4. The lowest BCUT2D eigenvalue weighted by atomic mass is 10.2. The first-order valence-corrected chi connectivity index (χ1v) is 7.41. The molecule has 0 spiro atoms. The van der Waals surface area contributed by atoms with E-state index in [0.29, 0.717) is 10.7 Å². The van der Waals surface area contributed by atoms with Crippen LogP contribution in [0.15, 0.2) is 46.5 Å². The highest BCUT2D eigenvalue weighted by molar-refractivity contribution is 9.10. The van der Waals surface area contributed by atoms with E-state index in [0.717, 1.165) is 15.7 Å². The molecule has 0 radical (unpaired) electrons. The summed E-state index contributed by atoms with van der Waals surface area (Å²) >= 11 is 4.71. The molecule has 3 aromatic heterocycles. The Morgan fingerprint density at radius 3 is 2.80 bits per heavy atom. The average molecular weight is 349 g/mol. The number of hydrogen-bond acceptors (Lipinski definition) is 4. The summed E-state index contributed by atoms with van der Waals surface area (Å²) in [6.07, 6.45) is 3.41. The zero-order chi connectivity index (χ0) is 13.9. The van der Waals surface area contributed by atoms with Gasteiger partial charge in [0, 0.05) is 28.5 Å². The fourth-order valence-corrected chi connectivity index (χ4v) is 3.14. The number of H-pyrrole nitrogens is 1. The number of aromatic nitrogens is 3. The van der Waals surface area contributed by atoms with Gasteiger partial charge in [-0.2, -0.15) is 5.10 Å². The minimum absolute atomic E-state index is 0.181. The molecule has 100 valence electrons. The van der Waals surface area contributed by atoms with Gasteiger partial charge in [0.25, 0.3) is 5.91 Å². The molecule has 0 saturated heterocycles. The highest BCUT2D eigenvalue weighted by Crippen LogP contribution is 2.24. The Hall–Kier alpha value is -1.99. The zero-order valence-electron chi connectivity index (χ0n) is 10.1. The second-order valence-electron chi connectivity index (χ2n) is 3.95. The van der Waals surface area contributed by atoms with Crippen LogP contribution < -0.4 is 5.32 Å². The first-order chi connectivity index (χ1) is 9.74. The van der Waals surface area contributed by atoms with Crippen molar-refractivity contribution in [2.24, 2.45) is 0 Å². The van der Waals surface area contributed by atoms with E-state index in [4.69, 9.17) is 0 Å². The van der Waals surface area contributed by atoms with Crippen LogP contribution in [0.25, 0.3) is 11.3 Å². The Kier molecular flexibility index (Phi) is 3.62. The van der Waals surface area contributed by atoms with Gasteiger partial charge in [0.15, 0.2) is 5.82 Å². The monoisotopic (exact) mass is 348 g/mol. The summed E-state index contributed by atoms with van der Waals surface area (Å²) < 4.78 is 0.782. The van der Waals surface area contributed by atoms with Crippen LogP contribution in [0.4, 0.5) is 5.82 Å². The molecule has 0 fully saturated rings. The number of pyridine rings is 1. The summed E-state index contributed by atoms with van der Waals surface area (Å²) in [6, 6.07) is 7.37. The Balaban J connectivity index is 1.78. The Bertz CT molecular complexity index is 738. The predicted molar refractivity (Wildman–Crippen MR) is 81.8 cm³/mol. The Morgan fingerprint density at radius 1 is 1.30 bits per heavy atom. The number of nitrogens with zero attached hydrogens (tertiary/aromatic N) is 2. The smallest absolute Gasteiger partial charge is 0.268 e. The van der Waals surface area contributed by atoms with Crippen molar-refractivity contribution in [3.05, 3.63) is 51.4 Å². The molecule has 0 aliphatic carbocycles. The number of aromatic amines is 1. The molecule has 0 aliphatic rings. The number of nitrogens with one attached hydrogen (secondary N) is 2. The van der Waals surface area contributed by atoms with Gasteiger partial charge in [-0.3, -0.25) is 14.9 Å². The first kappa shape index (κ1) is 13.0. The minimum atomic E-state index is -0.181. The largest absolute Gasteiger partial charge is 0.304 e. The van der Waals surface area contributed by atoms with Crippen molar-refractivity contribution in [1.29, 1.82) is 0 Å². The lowest BCUT2D eigenvalue weighted by Crippen LogP contribution is -2.10. The van der Waals surface area contributed by atoms with Crippen LogP contribution in [0.3, 0.4) is 0 Å². The third-order valence-electron chi connectivity index (χ3n) is 2.63. The lowest BCUT2D eigenvalue weighted by molar-refractivity contribution is 0.102. The second-order valence-corrected chi connectivity index (χ2v) is 5.72. The molecular formula is C13H9BrN4OS. The Labute approximate surface area is 127 Å². The molecule has 3 rings (SSSR count). The second kappa shape index (κ2) is 5.56. The van der Waals surface area contributed by atoms with E-state index in [9.17, 15) is 4.79 Å². The molecule has 1 amide bonds. The van der Waals surface area contributed by atoms with Crippen molar-refractivity contribution < 1.29 is 4.79 Å². The fraction of sp³-hybridized carbons (Fsp3) is 0. The molecule has 5 nitrogen and oxygen atoms in total. The van der Waals surface area contributed by atoms with E-state index in [1.807, 2.05) is 23.6 Å². The van der Waals surface area contributed by atoms with Gasteiger partial charge >= 0.3 is 0 Å². The number of anilines is 1. The van der Waals surface area contributed by atoms with E-state index < -0.39 is 0 Å². The number of carbonyl (C=O) groups excluding carboxylic acids is 1. The van der Waals surface area contributed by atoms with Gasteiger partial charge in [0.1, 0.15) is 4.88 Å². The van der Waals surface area contributed by atoms with Crippen molar-refractivity contribution in [1.82, 2.24) is 15.2 Å². The van der Waals surface area contributed by atoms with Crippen LogP contribution in [0.1, 0.15) is 9.67 Å². The standard InChI is InChI=1S/C13H9BrN4OS/c14-9-3-6-20-12(9)13(19)16-11-7-10(17-18-11)8-1-4-15-5-2-8/h1-7H,(H2,16,17,18,19). The van der Waals surface area contributed by atoms with Crippen molar-refractivity contribution in [2.75, 3.05) is 5.32 Å². The number of thiophene rings is 1. The van der Waals surface area contributed by atoms with Crippen LogP contribution in [0.5, 0.6) is 0 Å². The molecule has 0 atom stereocenters. The summed E-state index contributed by atoms with van der Waals surface area (Å²) in [5.41, 5.74) is 1.79. The molecule has 20 heavy (non-hydrogen) atoms. The maximum absolute atomic E-state index is 12.0. The number of amides is 1. The number of carbonyl (C=O) groups is 1. The summed E-state index contributed by atoms with van der Waals surface area (Å²) in [4.78, 5) is 16.6. The van der Waals surface area contributed by atoms with Crippen LogP contribution in [-0.4, -0.2) is 21.1 Å². The van der Waals surface area contributed by atoms with Gasteiger partial charge in [-0.05, 0) is 39.5 Å². The van der Waals surface area contributed by atoms with Crippen LogP contribution in [0.2, 0.25) is 0 Å². The maximum Gasteiger partial charge on any atom is 0.268 e. The molecule has 0 aromatic carbocycles. The molecule has 0 saturated carbocycles. The molecule has 0 unspecified atom stereocenters. The van der Waals surface area contributed by atoms with Gasteiger partial charge < -0.3 is 5.32 Å². The predicted octanol–water partition coefficient (Wildman–Crippen LogP) is 3.55. The van der Waals surface area contributed by atoms with Crippen molar-refractivity contribution in [3.8, 4) is 11.3 Å². The number of rotatable bonds is 3. The van der Waals surface area contributed by atoms with Gasteiger partial charge in [-0.15, -0.1) is 11.3 Å². The lowest BCUT2D eigenvalue weighted by Gasteiger charge is -1.99. The maximum atomic E-state index is 12.0. The van der Waals surface area contributed by atoms with E-state index in [1.54, 1.807) is 18.5 Å². The summed E-state index contributed by atoms with van der Waals surface area (Å²) in [6.45, 7) is 0. The minimum Gasteiger partial charge on any atom is -0.304 e. The molecule has 3 heterocycles. The number of halogens is 1. The number of hydrogen-bond donors (Lipinski definition) is 2. The van der Waals surface area contributed by atoms with E-state index >= 15 is 0 Å². The summed E-state index contributed by atoms with van der Waals surface area (Å²) in [5, 5.41) is 11.6. The molecule has 7 heteroatoms. The molecule has 2 N–H and O–H groups in total. The Morgan fingerprint density at radius 2 is 2.10 bits per heavy atom. The van der Waals surface area contributed by atoms with E-state index in [1.165, 1.54) is 11.3 Å². The molecule has 0 aliphatic heterocycles. The van der Waals surface area contributed by atoms with Crippen LogP contribution in [0, 0.1) is 0 Å². The highest BCUT2D eigenvalue weighted by Gasteiger charge is 2.13. The van der Waals surface area contributed by atoms with Gasteiger partial charge in [-0.25, -0.2) is 0 Å². The SMILES string of the molecule is O=C(Nc1cc(-c2ccncc2)[nH]n1)c1sccc1Br. The third kappa shape index (κ3) is 2.63. The molecular weight excluding hydrogens is 340 g/mol. The summed E-state index contributed by atoms with van der Waals surface area (Å²) in [5.74, 6) is 0.307. The highest BCUT2D eigenvalue weighted by atomic mass is 79.9. The van der Waals surface area contributed by atoms with Gasteiger partial charge in [0.05, 0.1) is 5.69 Å². The summed E-state index contributed by atoms with van der Waals surface area (Å²) in [7, 11) is 0.